The summed E-state index contributed by atoms with van der Waals surface area (Å²) in [6.45, 7) is 1.59. The molecular weight excluding hydrogens is 404 g/mol. The molecule has 148 valence electrons. The molecule has 0 saturated carbocycles. The highest BCUT2D eigenvalue weighted by molar-refractivity contribution is 7.98. The maximum Gasteiger partial charge on any atom is 0.191 e. The molecule has 0 spiro atoms. The minimum Gasteiger partial charge on any atom is -0.376 e. The Hall–Kier alpha value is -2.28. The van der Waals surface area contributed by atoms with Crippen LogP contribution < -0.4 is 0 Å². The first kappa shape index (κ1) is 18.7. The van der Waals surface area contributed by atoms with E-state index in [2.05, 4.69) is 37.9 Å². The number of H-pyrrole nitrogens is 1. The Labute approximate surface area is 178 Å². The van der Waals surface area contributed by atoms with Gasteiger partial charge in [0.1, 0.15) is 0 Å². The van der Waals surface area contributed by atoms with E-state index in [1.165, 1.54) is 0 Å². The van der Waals surface area contributed by atoms with Crippen LogP contribution in [0.15, 0.2) is 59.9 Å². The molecule has 1 aliphatic rings. The SMILES string of the molecule is Clc1ccccc1CSc1nnc(-c2c[nH]c3ccccc23)n1CC1CCCO1. The summed E-state index contributed by atoms with van der Waals surface area (Å²) < 4.78 is 8.11. The summed E-state index contributed by atoms with van der Waals surface area (Å²) >= 11 is 8.00. The summed E-state index contributed by atoms with van der Waals surface area (Å²) in [7, 11) is 0. The Balaban J connectivity index is 1.50. The average molecular weight is 425 g/mol. The third kappa shape index (κ3) is 3.80. The van der Waals surface area contributed by atoms with Crippen molar-refractivity contribution < 1.29 is 4.74 Å². The van der Waals surface area contributed by atoms with Gasteiger partial charge in [-0.05, 0) is 30.5 Å². The van der Waals surface area contributed by atoms with Crippen LogP contribution in [0.4, 0.5) is 0 Å². The molecule has 5 nitrogen and oxygen atoms in total. The van der Waals surface area contributed by atoms with Gasteiger partial charge in [0, 0.05) is 40.0 Å². The van der Waals surface area contributed by atoms with Gasteiger partial charge in [0.15, 0.2) is 11.0 Å². The van der Waals surface area contributed by atoms with E-state index in [-0.39, 0.29) is 6.10 Å². The lowest BCUT2D eigenvalue weighted by Crippen LogP contribution is -2.16. The van der Waals surface area contributed by atoms with Crippen molar-refractivity contribution in [1.82, 2.24) is 19.7 Å². The van der Waals surface area contributed by atoms with Crippen molar-refractivity contribution in [1.29, 1.82) is 0 Å². The number of aromatic amines is 1. The summed E-state index contributed by atoms with van der Waals surface area (Å²) in [6.07, 6.45) is 4.40. The number of halogens is 1. The fourth-order valence-corrected chi connectivity index (χ4v) is 5.00. The Morgan fingerprint density at radius 3 is 2.86 bits per heavy atom. The number of para-hydroxylation sites is 1. The molecule has 0 radical (unpaired) electrons. The molecule has 1 unspecified atom stereocenters. The lowest BCUT2D eigenvalue weighted by molar-refractivity contribution is 0.0953. The molecule has 5 rings (SSSR count). The Morgan fingerprint density at radius 1 is 1.14 bits per heavy atom. The van der Waals surface area contributed by atoms with Crippen LogP contribution in [0.25, 0.3) is 22.3 Å². The molecule has 1 aliphatic heterocycles. The molecule has 0 amide bonds. The van der Waals surface area contributed by atoms with E-state index in [0.717, 1.165) is 69.8 Å². The zero-order valence-corrected chi connectivity index (χ0v) is 17.4. The number of rotatable bonds is 6. The highest BCUT2D eigenvalue weighted by atomic mass is 35.5. The van der Waals surface area contributed by atoms with E-state index in [9.17, 15) is 0 Å². The lowest BCUT2D eigenvalue weighted by atomic mass is 10.1. The molecular formula is C22H21ClN4OS. The minimum atomic E-state index is 0.203. The van der Waals surface area contributed by atoms with Gasteiger partial charge in [0.05, 0.1) is 12.6 Å². The number of fused-ring (bicyclic) bond motifs is 1. The number of nitrogens with zero attached hydrogens (tertiary/aromatic N) is 3. The van der Waals surface area contributed by atoms with Gasteiger partial charge < -0.3 is 9.72 Å². The molecule has 29 heavy (non-hydrogen) atoms. The van der Waals surface area contributed by atoms with E-state index in [4.69, 9.17) is 16.3 Å². The second-order valence-corrected chi connectivity index (χ2v) is 8.53. The maximum absolute atomic E-state index is 6.34. The monoisotopic (exact) mass is 424 g/mol. The average Bonchev–Trinajstić information content (AvgIpc) is 3.48. The van der Waals surface area contributed by atoms with Crippen LogP contribution in [0.3, 0.4) is 0 Å². The standard InChI is InChI=1S/C22H21ClN4OS/c23-19-9-3-1-6-15(19)14-29-22-26-25-21(27(22)13-16-7-5-11-28-16)18-12-24-20-10-4-2-8-17(18)20/h1-4,6,8-10,12,16,24H,5,7,11,13-14H2. The summed E-state index contributed by atoms with van der Waals surface area (Å²) in [4.78, 5) is 3.35. The third-order valence-electron chi connectivity index (χ3n) is 5.27. The van der Waals surface area contributed by atoms with Gasteiger partial charge in [-0.2, -0.15) is 0 Å². The lowest BCUT2D eigenvalue weighted by Gasteiger charge is -2.14. The molecule has 7 heteroatoms. The molecule has 1 saturated heterocycles. The van der Waals surface area contributed by atoms with Gasteiger partial charge in [-0.25, -0.2) is 0 Å². The van der Waals surface area contributed by atoms with Gasteiger partial charge in [-0.15, -0.1) is 10.2 Å². The van der Waals surface area contributed by atoms with Crippen LogP contribution >= 0.6 is 23.4 Å². The predicted octanol–water partition coefficient (Wildman–Crippen LogP) is 5.55. The fraction of sp³-hybridized carbons (Fsp3) is 0.273. The number of hydrogen-bond acceptors (Lipinski definition) is 4. The van der Waals surface area contributed by atoms with Crippen molar-refractivity contribution in [2.75, 3.05) is 6.61 Å². The number of benzene rings is 2. The number of thioether (sulfide) groups is 1. The van der Waals surface area contributed by atoms with Crippen molar-refractivity contribution >= 4 is 34.3 Å². The number of nitrogens with one attached hydrogen (secondary N) is 1. The molecule has 0 aliphatic carbocycles. The molecule has 2 aromatic carbocycles. The minimum absolute atomic E-state index is 0.203. The zero-order chi connectivity index (χ0) is 19.6. The van der Waals surface area contributed by atoms with E-state index >= 15 is 0 Å². The number of aromatic nitrogens is 4. The normalized spacial score (nSPS) is 16.7. The molecule has 0 bridgehead atoms. The topological polar surface area (TPSA) is 55.7 Å². The Bertz CT molecular complexity index is 1130. The third-order valence-corrected chi connectivity index (χ3v) is 6.66. The van der Waals surface area contributed by atoms with Crippen molar-refractivity contribution in [2.24, 2.45) is 0 Å². The molecule has 1 fully saturated rings. The fourth-order valence-electron chi connectivity index (χ4n) is 3.77. The quantitative estimate of drug-likeness (QED) is 0.412. The zero-order valence-electron chi connectivity index (χ0n) is 15.8. The first-order valence-corrected chi connectivity index (χ1v) is 11.1. The highest BCUT2D eigenvalue weighted by Crippen LogP contribution is 2.33. The van der Waals surface area contributed by atoms with E-state index in [1.807, 2.05) is 36.5 Å². The van der Waals surface area contributed by atoms with Crippen molar-refractivity contribution in [2.45, 2.75) is 36.4 Å². The van der Waals surface area contributed by atoms with Crippen LogP contribution in [-0.2, 0) is 17.0 Å². The van der Waals surface area contributed by atoms with Crippen molar-refractivity contribution in [3.05, 3.63) is 65.3 Å². The summed E-state index contributed by atoms with van der Waals surface area (Å²) in [5.74, 6) is 1.62. The van der Waals surface area contributed by atoms with Crippen LogP contribution in [0.5, 0.6) is 0 Å². The summed E-state index contributed by atoms with van der Waals surface area (Å²) in [5.41, 5.74) is 3.26. The first-order valence-electron chi connectivity index (χ1n) is 9.77. The second kappa shape index (κ2) is 8.22. The molecule has 3 heterocycles. The van der Waals surface area contributed by atoms with Crippen LogP contribution in [0, 0.1) is 0 Å². The molecule has 1 N–H and O–H groups in total. The Morgan fingerprint density at radius 2 is 2.00 bits per heavy atom. The summed E-state index contributed by atoms with van der Waals surface area (Å²) in [5, 5.41) is 11.9. The van der Waals surface area contributed by atoms with E-state index < -0.39 is 0 Å². The van der Waals surface area contributed by atoms with Gasteiger partial charge >= 0.3 is 0 Å². The smallest absolute Gasteiger partial charge is 0.191 e. The molecule has 1 atom stereocenters. The number of ether oxygens (including phenoxy) is 1. The summed E-state index contributed by atoms with van der Waals surface area (Å²) in [6, 6.07) is 16.2. The van der Waals surface area contributed by atoms with Crippen LogP contribution in [0.1, 0.15) is 18.4 Å². The van der Waals surface area contributed by atoms with Crippen LogP contribution in [0.2, 0.25) is 5.02 Å². The number of hydrogen-bond donors (Lipinski definition) is 1. The van der Waals surface area contributed by atoms with Gasteiger partial charge in [0.2, 0.25) is 0 Å². The van der Waals surface area contributed by atoms with E-state index in [0.29, 0.717) is 0 Å². The highest BCUT2D eigenvalue weighted by Gasteiger charge is 2.23. The molecule has 2 aromatic heterocycles. The Kier molecular flexibility index (Phi) is 5.31. The van der Waals surface area contributed by atoms with Crippen LogP contribution in [-0.4, -0.2) is 32.5 Å². The van der Waals surface area contributed by atoms with Crippen molar-refractivity contribution in [3.63, 3.8) is 0 Å². The molecule has 4 aromatic rings. The van der Waals surface area contributed by atoms with Gasteiger partial charge in [-0.3, -0.25) is 4.57 Å². The second-order valence-electron chi connectivity index (χ2n) is 7.18. The van der Waals surface area contributed by atoms with Gasteiger partial charge in [-0.1, -0.05) is 59.8 Å². The van der Waals surface area contributed by atoms with E-state index in [1.54, 1.807) is 11.8 Å². The predicted molar refractivity (Wildman–Crippen MR) is 117 cm³/mol. The first-order chi connectivity index (χ1) is 14.3. The largest absolute Gasteiger partial charge is 0.376 e. The maximum atomic E-state index is 6.34. The van der Waals surface area contributed by atoms with Crippen molar-refractivity contribution in [3.8, 4) is 11.4 Å². The van der Waals surface area contributed by atoms with Gasteiger partial charge in [0.25, 0.3) is 0 Å².